The third-order valence-corrected chi connectivity index (χ3v) is 19.9. The van der Waals surface area contributed by atoms with E-state index >= 15 is 0 Å². The van der Waals surface area contributed by atoms with Crippen LogP contribution in [0.2, 0.25) is 0 Å². The molecule has 4 heteroatoms. The molecule has 0 atom stereocenters. The van der Waals surface area contributed by atoms with E-state index < -0.39 is 0 Å². The average Bonchev–Trinajstić information content (AvgIpc) is 3.96. The third kappa shape index (κ3) is 5.81. The lowest BCUT2D eigenvalue weighted by atomic mass is 9.47. The second kappa shape index (κ2) is 15.0. The van der Waals surface area contributed by atoms with Crippen LogP contribution < -0.4 is 16.0 Å². The molecule has 0 saturated heterocycles. The summed E-state index contributed by atoms with van der Waals surface area (Å²) in [4.78, 5) is 2.67. The lowest BCUT2D eigenvalue weighted by Gasteiger charge is -2.46. The molecule has 0 spiro atoms. The molecule has 72 heavy (non-hydrogen) atoms. The van der Waals surface area contributed by atoms with Crippen LogP contribution in [0, 0.1) is 11.8 Å². The Kier molecular flexibility index (Phi) is 8.78. The Morgan fingerprint density at radius 1 is 0.528 bits per heavy atom. The van der Waals surface area contributed by atoms with Crippen LogP contribution in [-0.4, -0.2) is 11.3 Å². The van der Waals surface area contributed by atoms with Gasteiger partial charge in [0.2, 0.25) is 0 Å². The summed E-state index contributed by atoms with van der Waals surface area (Å²) in [5.74, 6) is 1.71. The van der Waals surface area contributed by atoms with Crippen LogP contribution in [0.4, 0.5) is 17.1 Å². The smallest absolute Gasteiger partial charge is 0.376 e. The Hall–Kier alpha value is -6.52. The van der Waals surface area contributed by atoms with Crippen LogP contribution >= 0.6 is 0 Å². The zero-order valence-corrected chi connectivity index (χ0v) is 42.3. The van der Waals surface area contributed by atoms with E-state index in [0.29, 0.717) is 0 Å². The molecule has 8 aromatic carbocycles. The van der Waals surface area contributed by atoms with Crippen molar-refractivity contribution in [3.8, 4) is 22.3 Å². The van der Waals surface area contributed by atoms with E-state index in [-0.39, 0.29) is 23.1 Å². The molecule has 4 aliphatic carbocycles. The number of benzene rings is 8. The maximum absolute atomic E-state index is 7.79. The van der Waals surface area contributed by atoms with Gasteiger partial charge in [-0.1, -0.05) is 169 Å². The molecule has 0 amide bonds. The Morgan fingerprint density at radius 2 is 1.19 bits per heavy atom. The third-order valence-electron chi connectivity index (χ3n) is 19.9. The van der Waals surface area contributed by atoms with E-state index in [9.17, 15) is 0 Å². The average molecular weight is 935 g/mol. The van der Waals surface area contributed by atoms with Gasteiger partial charge in [-0.3, -0.25) is 0 Å². The van der Waals surface area contributed by atoms with E-state index in [0.717, 1.165) is 39.5 Å². The van der Waals surface area contributed by atoms with Crippen molar-refractivity contribution in [2.45, 2.75) is 127 Å². The van der Waals surface area contributed by atoms with E-state index in [4.69, 9.17) is 4.42 Å². The fourth-order valence-electron chi connectivity index (χ4n) is 16.6. The lowest BCUT2D eigenvalue weighted by molar-refractivity contribution is 0.149. The van der Waals surface area contributed by atoms with Gasteiger partial charge >= 0.3 is 6.85 Å². The molecule has 2 aromatic heterocycles. The second-order valence-electron chi connectivity index (χ2n) is 24.8. The summed E-state index contributed by atoms with van der Waals surface area (Å²) in [5.41, 5.74) is 19.9. The van der Waals surface area contributed by atoms with Crippen molar-refractivity contribution in [1.82, 2.24) is 4.48 Å². The molecule has 2 aliphatic heterocycles. The van der Waals surface area contributed by atoms with E-state index in [2.05, 4.69) is 176 Å². The Balaban J connectivity index is 1.06. The second-order valence-corrected chi connectivity index (χ2v) is 24.8. The summed E-state index contributed by atoms with van der Waals surface area (Å²) in [7, 11) is 0. The quantitative estimate of drug-likeness (QED) is 0.164. The van der Waals surface area contributed by atoms with Gasteiger partial charge in [0.05, 0.1) is 17.1 Å². The largest absolute Gasteiger partial charge is 0.465 e. The maximum Gasteiger partial charge on any atom is 0.376 e. The summed E-state index contributed by atoms with van der Waals surface area (Å²) < 4.78 is 10.6. The molecule has 4 saturated carbocycles. The predicted molar refractivity (Wildman–Crippen MR) is 304 cm³/mol. The van der Waals surface area contributed by atoms with Gasteiger partial charge in [-0.15, -0.1) is 0 Å². The van der Waals surface area contributed by atoms with Gasteiger partial charge in [-0.2, -0.15) is 0 Å². The van der Waals surface area contributed by atoms with Gasteiger partial charge in [-0.25, -0.2) is 0 Å². The number of aromatic nitrogens is 1. The normalized spacial score (nSPS) is 23.3. The van der Waals surface area contributed by atoms with E-state index in [1.54, 1.807) is 11.1 Å². The van der Waals surface area contributed by atoms with Crippen LogP contribution in [0.15, 0.2) is 150 Å². The minimum Gasteiger partial charge on any atom is -0.465 e. The number of nitrogens with zero attached hydrogens (tertiary/aromatic N) is 2. The number of furan rings is 1. The van der Waals surface area contributed by atoms with Crippen molar-refractivity contribution in [3.63, 3.8) is 0 Å². The fourth-order valence-corrected chi connectivity index (χ4v) is 16.6. The molecule has 3 nitrogen and oxygen atoms in total. The molecule has 0 N–H and O–H groups in total. The minimum atomic E-state index is -0.186. The monoisotopic (exact) mass is 935 g/mol. The highest BCUT2D eigenvalue weighted by Crippen LogP contribution is 2.57. The maximum atomic E-state index is 7.79. The Bertz CT molecular complexity index is 3900. The van der Waals surface area contributed by atoms with Crippen molar-refractivity contribution < 1.29 is 4.42 Å². The molecular weight excluding hydrogens is 872 g/mol. The first kappa shape index (κ1) is 42.0. The van der Waals surface area contributed by atoms with Crippen LogP contribution in [0.5, 0.6) is 0 Å². The van der Waals surface area contributed by atoms with Crippen LogP contribution in [0.1, 0.15) is 127 Å². The van der Waals surface area contributed by atoms with Gasteiger partial charge < -0.3 is 13.8 Å². The molecule has 0 unspecified atom stereocenters. The van der Waals surface area contributed by atoms with Crippen molar-refractivity contribution in [2.24, 2.45) is 11.8 Å². The molecule has 354 valence electrons. The molecular formula is C68H63BN2O. The molecule has 4 heterocycles. The summed E-state index contributed by atoms with van der Waals surface area (Å²) in [5, 5.41) is 8.98. The molecule has 4 bridgehead atoms. The first-order chi connectivity index (χ1) is 35.2. The first-order valence-corrected chi connectivity index (χ1v) is 27.9. The highest BCUT2D eigenvalue weighted by molar-refractivity contribution is 6.90. The minimum absolute atomic E-state index is 0.0340. The van der Waals surface area contributed by atoms with Gasteiger partial charge in [0.25, 0.3) is 0 Å². The van der Waals surface area contributed by atoms with Crippen LogP contribution in [0.25, 0.3) is 76.6 Å². The van der Waals surface area contributed by atoms with Crippen LogP contribution in [-0.2, 0) is 16.2 Å². The van der Waals surface area contributed by atoms with Gasteiger partial charge in [0, 0.05) is 49.1 Å². The summed E-state index contributed by atoms with van der Waals surface area (Å²) in [6.07, 6.45) is 19.0. The van der Waals surface area contributed by atoms with Gasteiger partial charge in [-0.05, 0) is 159 Å². The van der Waals surface area contributed by atoms with E-state index in [1.165, 1.54) is 173 Å². The Labute approximate surface area is 424 Å². The van der Waals surface area contributed by atoms with Gasteiger partial charge in [0.15, 0.2) is 0 Å². The number of hydrogen-bond donors (Lipinski definition) is 0. The summed E-state index contributed by atoms with van der Waals surface area (Å²) >= 11 is 0. The molecule has 0 radical (unpaired) electrons. The SMILES string of the molecule is CC(C)(C)c1ccc(N2c3c4c(cc5ccccc35)-c3cc(C56CCCC(CCC5)C6)cc5c6cc(C78CCCC(CCC7)C8)ccc6n(c35)B4c3oc4c(ccc5ccccc54)c32)c(-c2ccccc2)c1. The number of hydrogen-bond acceptors (Lipinski definition) is 2. The first-order valence-electron chi connectivity index (χ1n) is 27.9. The van der Waals surface area contributed by atoms with Crippen molar-refractivity contribution in [1.29, 1.82) is 0 Å². The van der Waals surface area contributed by atoms with E-state index in [1.807, 2.05) is 0 Å². The zero-order chi connectivity index (χ0) is 47.7. The van der Waals surface area contributed by atoms with Crippen molar-refractivity contribution >= 4 is 89.4 Å². The van der Waals surface area contributed by atoms with Crippen molar-refractivity contribution in [2.75, 3.05) is 4.90 Å². The summed E-state index contributed by atoms with van der Waals surface area (Å²) in [6, 6.07) is 57.2. The van der Waals surface area contributed by atoms with Crippen molar-refractivity contribution in [3.05, 3.63) is 162 Å². The lowest BCUT2D eigenvalue weighted by Crippen LogP contribution is -2.56. The van der Waals surface area contributed by atoms with Crippen LogP contribution in [0.3, 0.4) is 0 Å². The zero-order valence-electron chi connectivity index (χ0n) is 42.3. The molecule has 16 rings (SSSR count). The molecule has 4 fully saturated rings. The summed E-state index contributed by atoms with van der Waals surface area (Å²) in [6.45, 7) is 6.84. The number of rotatable bonds is 4. The topological polar surface area (TPSA) is 21.3 Å². The van der Waals surface area contributed by atoms with Gasteiger partial charge in [0.1, 0.15) is 11.2 Å². The number of fused-ring (bicyclic) bond motifs is 17. The number of anilines is 3. The predicted octanol–water partition coefficient (Wildman–Crippen LogP) is 17.5. The highest BCUT2D eigenvalue weighted by Gasteiger charge is 2.49. The standard InChI is InChI=1S/C68H63BN2O/c1-66(2,3)47-26-29-58(53(36-47)44-19-5-4-6-20-44)70-62-50-23-9-8-22-46(50)35-55-57-39-49(68-33-13-17-43(41-68)18-14-34-68)38-56-54-37-48(67-31-11-15-42(40-67)16-12-32-67)27-30-59(54)71(61(56)57)69(60(55)62)65-63(70)52-28-25-45-21-7-10-24-51(45)64(52)72-65/h4-10,19-30,35-39,42-43H,11-18,31-34,40-41H2,1-3H3. The highest BCUT2D eigenvalue weighted by atomic mass is 16.3. The fraction of sp³-hybridized carbons (Fsp3) is 0.324. The Morgan fingerprint density at radius 3 is 1.93 bits per heavy atom. The molecule has 6 aliphatic rings. The molecule has 10 aromatic rings.